The average Bonchev–Trinajstić information content (AvgIpc) is 2.96. The fourth-order valence-corrected chi connectivity index (χ4v) is 2.82. The van der Waals surface area contributed by atoms with Crippen molar-refractivity contribution in [3.8, 4) is 0 Å². The molecule has 0 atom stereocenters. The number of carbonyl (C=O) groups is 1. The van der Waals surface area contributed by atoms with Crippen molar-refractivity contribution in [1.82, 2.24) is 24.9 Å². The third-order valence-electron chi connectivity index (χ3n) is 3.91. The Kier molecular flexibility index (Phi) is 3.53. The number of hydrogen-bond donors (Lipinski definition) is 1. The summed E-state index contributed by atoms with van der Waals surface area (Å²) in [5.41, 5.74) is 3.71. The van der Waals surface area contributed by atoms with Crippen LogP contribution in [0.2, 0.25) is 0 Å². The summed E-state index contributed by atoms with van der Waals surface area (Å²) in [6, 6.07) is 4.22. The molecule has 6 heteroatoms. The monoisotopic (exact) mass is 287 g/mol. The minimum absolute atomic E-state index is 0.00591. The van der Waals surface area contributed by atoms with Crippen molar-refractivity contribution in [3.05, 3.63) is 34.9 Å². The summed E-state index contributed by atoms with van der Waals surface area (Å²) >= 11 is 0. The largest absolute Gasteiger partial charge is 0.333 e. The van der Waals surface area contributed by atoms with Crippen molar-refractivity contribution < 1.29 is 4.79 Å². The Labute approximate surface area is 124 Å². The van der Waals surface area contributed by atoms with E-state index >= 15 is 0 Å². The molecule has 0 unspecified atom stereocenters. The fourth-order valence-electron chi connectivity index (χ4n) is 2.82. The third kappa shape index (κ3) is 2.57. The fraction of sp³-hybridized carbons (Fsp3) is 0.533. The molecule has 0 saturated carbocycles. The van der Waals surface area contributed by atoms with Crippen molar-refractivity contribution in [2.24, 2.45) is 0 Å². The zero-order valence-electron chi connectivity index (χ0n) is 12.8. The Morgan fingerprint density at radius 3 is 2.76 bits per heavy atom. The first-order valence-electron chi connectivity index (χ1n) is 7.44. The van der Waals surface area contributed by atoms with Crippen molar-refractivity contribution in [2.45, 2.75) is 39.7 Å². The van der Waals surface area contributed by atoms with Gasteiger partial charge in [0.2, 0.25) is 0 Å². The zero-order valence-corrected chi connectivity index (χ0v) is 12.8. The van der Waals surface area contributed by atoms with Gasteiger partial charge in [0.25, 0.3) is 5.91 Å². The van der Waals surface area contributed by atoms with Crippen molar-refractivity contribution in [1.29, 1.82) is 0 Å². The van der Waals surface area contributed by atoms with Gasteiger partial charge in [-0.3, -0.25) is 14.6 Å². The highest BCUT2D eigenvalue weighted by molar-refractivity contribution is 5.93. The average molecular weight is 287 g/mol. The standard InChI is InChI=1S/C15H21N5O/c1-4-5-12-7-14(17-16-12)15(21)19-8-13(9-19)20-11(3)6-10(2)18-20/h6-7,13H,4-5,8-9H2,1-3H3,(H,16,17). The summed E-state index contributed by atoms with van der Waals surface area (Å²) in [4.78, 5) is 14.2. The minimum Gasteiger partial charge on any atom is -0.333 e. The van der Waals surface area contributed by atoms with E-state index in [-0.39, 0.29) is 11.9 Å². The molecule has 0 spiro atoms. The number of aromatic nitrogens is 4. The molecule has 6 nitrogen and oxygen atoms in total. The Balaban J connectivity index is 1.62. The maximum absolute atomic E-state index is 12.3. The number of nitrogens with zero attached hydrogens (tertiary/aromatic N) is 4. The topological polar surface area (TPSA) is 66.8 Å². The summed E-state index contributed by atoms with van der Waals surface area (Å²) in [6.07, 6.45) is 1.97. The quantitative estimate of drug-likeness (QED) is 0.933. The van der Waals surface area contributed by atoms with E-state index in [1.54, 1.807) is 0 Å². The van der Waals surface area contributed by atoms with Crippen molar-refractivity contribution >= 4 is 5.91 Å². The van der Waals surface area contributed by atoms with Gasteiger partial charge in [-0.1, -0.05) is 13.3 Å². The molecule has 0 aromatic carbocycles. The first kappa shape index (κ1) is 13.9. The normalized spacial score (nSPS) is 15.3. The lowest BCUT2D eigenvalue weighted by atomic mass is 10.1. The third-order valence-corrected chi connectivity index (χ3v) is 3.91. The summed E-state index contributed by atoms with van der Waals surface area (Å²) in [7, 11) is 0. The molecule has 1 amide bonds. The lowest BCUT2D eigenvalue weighted by Gasteiger charge is -2.39. The molecule has 2 aromatic heterocycles. The Morgan fingerprint density at radius 2 is 2.14 bits per heavy atom. The second-order valence-corrected chi connectivity index (χ2v) is 5.76. The summed E-state index contributed by atoms with van der Waals surface area (Å²) < 4.78 is 2.02. The van der Waals surface area contributed by atoms with Gasteiger partial charge in [-0.25, -0.2) is 0 Å². The Hall–Kier alpha value is -2.11. The lowest BCUT2D eigenvalue weighted by Crippen LogP contribution is -2.51. The maximum Gasteiger partial charge on any atom is 0.274 e. The SMILES string of the molecule is CCCc1cc(C(=O)N2CC(n3nc(C)cc3C)C2)n[nH]1. The van der Waals surface area contributed by atoms with E-state index in [9.17, 15) is 4.79 Å². The maximum atomic E-state index is 12.3. The molecule has 1 fully saturated rings. The van der Waals surface area contributed by atoms with Gasteiger partial charge in [0.1, 0.15) is 5.69 Å². The predicted octanol–water partition coefficient (Wildman–Crippen LogP) is 1.87. The molecule has 0 bridgehead atoms. The van der Waals surface area contributed by atoms with Crippen LogP contribution < -0.4 is 0 Å². The van der Waals surface area contributed by atoms with Gasteiger partial charge in [0.05, 0.1) is 11.7 Å². The summed E-state index contributed by atoms with van der Waals surface area (Å²) in [5, 5.41) is 11.5. The number of aromatic amines is 1. The molecule has 1 saturated heterocycles. The summed E-state index contributed by atoms with van der Waals surface area (Å²) in [5.74, 6) is 0.00591. The van der Waals surface area contributed by atoms with Crippen LogP contribution in [0.4, 0.5) is 0 Å². The second kappa shape index (κ2) is 5.35. The molecule has 3 heterocycles. The number of aryl methyl sites for hydroxylation is 3. The van der Waals surface area contributed by atoms with Gasteiger partial charge in [0, 0.05) is 24.5 Å². The number of H-pyrrole nitrogens is 1. The van der Waals surface area contributed by atoms with E-state index in [0.29, 0.717) is 18.8 Å². The smallest absolute Gasteiger partial charge is 0.274 e. The van der Waals surface area contributed by atoms with Crippen LogP contribution in [-0.4, -0.2) is 43.9 Å². The molecule has 0 aliphatic carbocycles. The number of carbonyl (C=O) groups excluding carboxylic acids is 1. The van der Waals surface area contributed by atoms with E-state index in [1.807, 2.05) is 22.6 Å². The molecule has 0 radical (unpaired) electrons. The number of hydrogen-bond acceptors (Lipinski definition) is 3. The van der Waals surface area contributed by atoms with E-state index in [0.717, 1.165) is 29.9 Å². The van der Waals surface area contributed by atoms with Gasteiger partial charge in [-0.15, -0.1) is 0 Å². The van der Waals surface area contributed by atoms with E-state index in [1.165, 1.54) is 0 Å². The summed E-state index contributed by atoms with van der Waals surface area (Å²) in [6.45, 7) is 7.56. The lowest BCUT2D eigenvalue weighted by molar-refractivity contribution is 0.0491. The first-order valence-corrected chi connectivity index (χ1v) is 7.44. The van der Waals surface area contributed by atoms with E-state index in [4.69, 9.17) is 0 Å². The van der Waals surface area contributed by atoms with Gasteiger partial charge in [-0.2, -0.15) is 10.2 Å². The number of amides is 1. The molecule has 1 N–H and O–H groups in total. The van der Waals surface area contributed by atoms with E-state index in [2.05, 4.69) is 35.2 Å². The molecule has 2 aromatic rings. The second-order valence-electron chi connectivity index (χ2n) is 5.76. The van der Waals surface area contributed by atoms with Crippen LogP contribution in [0.3, 0.4) is 0 Å². The van der Waals surface area contributed by atoms with Crippen LogP contribution in [0, 0.1) is 13.8 Å². The van der Waals surface area contributed by atoms with Crippen LogP contribution in [0.25, 0.3) is 0 Å². The molecule has 3 rings (SSSR count). The highest BCUT2D eigenvalue weighted by atomic mass is 16.2. The van der Waals surface area contributed by atoms with Crippen LogP contribution >= 0.6 is 0 Å². The number of likely N-dealkylation sites (tertiary alicyclic amines) is 1. The van der Waals surface area contributed by atoms with Gasteiger partial charge >= 0.3 is 0 Å². The van der Waals surface area contributed by atoms with Crippen LogP contribution in [0.1, 0.15) is 47.0 Å². The molecule has 1 aliphatic heterocycles. The highest BCUT2D eigenvalue weighted by Gasteiger charge is 2.34. The zero-order chi connectivity index (χ0) is 15.0. The molecule has 112 valence electrons. The Morgan fingerprint density at radius 1 is 1.38 bits per heavy atom. The molecular weight excluding hydrogens is 266 g/mol. The Bertz CT molecular complexity index is 651. The van der Waals surface area contributed by atoms with Crippen LogP contribution in [-0.2, 0) is 6.42 Å². The van der Waals surface area contributed by atoms with Gasteiger partial charge in [0.15, 0.2) is 0 Å². The molecular formula is C15H21N5O. The number of nitrogens with one attached hydrogen (secondary N) is 1. The molecule has 21 heavy (non-hydrogen) atoms. The first-order chi connectivity index (χ1) is 10.1. The van der Waals surface area contributed by atoms with E-state index < -0.39 is 0 Å². The van der Waals surface area contributed by atoms with Gasteiger partial charge < -0.3 is 4.90 Å². The van der Waals surface area contributed by atoms with Crippen molar-refractivity contribution in [3.63, 3.8) is 0 Å². The van der Waals surface area contributed by atoms with Crippen molar-refractivity contribution in [2.75, 3.05) is 13.1 Å². The predicted molar refractivity (Wildman–Crippen MR) is 79.2 cm³/mol. The molecule has 1 aliphatic rings. The number of rotatable bonds is 4. The van der Waals surface area contributed by atoms with Gasteiger partial charge in [-0.05, 0) is 32.4 Å². The highest BCUT2D eigenvalue weighted by Crippen LogP contribution is 2.24. The minimum atomic E-state index is 0.00591. The van der Waals surface area contributed by atoms with Crippen LogP contribution in [0.15, 0.2) is 12.1 Å². The van der Waals surface area contributed by atoms with Crippen LogP contribution in [0.5, 0.6) is 0 Å².